The summed E-state index contributed by atoms with van der Waals surface area (Å²) in [7, 11) is 0. The quantitative estimate of drug-likeness (QED) is 0.676. The zero-order valence-corrected chi connectivity index (χ0v) is 11.6. The second-order valence-electron chi connectivity index (χ2n) is 3.74. The number of hydrogen-bond donors (Lipinski definition) is 1. The van der Waals surface area contributed by atoms with Crippen LogP contribution >= 0.6 is 22.6 Å². The second kappa shape index (κ2) is 5.86. The van der Waals surface area contributed by atoms with Crippen molar-refractivity contribution in [1.29, 1.82) is 0 Å². The zero-order valence-electron chi connectivity index (χ0n) is 9.47. The lowest BCUT2D eigenvalue weighted by atomic mass is 10.2. The molecule has 0 radical (unpaired) electrons. The van der Waals surface area contributed by atoms with Gasteiger partial charge in [0.25, 0.3) is 0 Å². The van der Waals surface area contributed by atoms with Crippen molar-refractivity contribution < 1.29 is 14.6 Å². The maximum absolute atomic E-state index is 10.8. The molecule has 92 valence electrons. The van der Waals surface area contributed by atoms with Gasteiger partial charge in [-0.15, -0.1) is 0 Å². The molecule has 0 aliphatic heterocycles. The van der Waals surface area contributed by atoms with E-state index in [0.29, 0.717) is 21.5 Å². The molecular weight excluding hydrogens is 343 g/mol. The Morgan fingerprint density at radius 3 is 2.61 bits per heavy atom. The van der Waals surface area contributed by atoms with Gasteiger partial charge in [0.05, 0.1) is 3.57 Å². The molecule has 0 saturated heterocycles. The molecule has 0 aliphatic carbocycles. The van der Waals surface area contributed by atoms with Crippen molar-refractivity contribution in [2.45, 2.75) is 6.61 Å². The molecule has 3 nitrogen and oxygen atoms in total. The van der Waals surface area contributed by atoms with E-state index >= 15 is 0 Å². The molecular formula is C14H11IO3. The number of benzene rings is 2. The minimum Gasteiger partial charge on any atom is -0.504 e. The fourth-order valence-electron chi connectivity index (χ4n) is 1.51. The van der Waals surface area contributed by atoms with Gasteiger partial charge in [0.1, 0.15) is 12.9 Å². The summed E-state index contributed by atoms with van der Waals surface area (Å²) in [5.41, 5.74) is 1.49. The molecule has 2 aromatic rings. The predicted octanol–water partition coefficient (Wildman–Crippen LogP) is 3.39. The van der Waals surface area contributed by atoms with Crippen LogP contribution in [0.4, 0.5) is 0 Å². The zero-order chi connectivity index (χ0) is 13.0. The summed E-state index contributed by atoms with van der Waals surface area (Å²) in [6, 6.07) is 12.8. The molecule has 0 unspecified atom stereocenters. The Bertz CT molecular complexity index is 552. The van der Waals surface area contributed by atoms with E-state index in [4.69, 9.17) is 4.74 Å². The maximum Gasteiger partial charge on any atom is 0.171 e. The van der Waals surface area contributed by atoms with Crippen LogP contribution in [0.25, 0.3) is 0 Å². The third kappa shape index (κ3) is 3.01. The lowest BCUT2D eigenvalue weighted by molar-refractivity contribution is 0.112. The number of aromatic hydroxyl groups is 1. The van der Waals surface area contributed by atoms with E-state index in [1.54, 1.807) is 6.07 Å². The highest BCUT2D eigenvalue weighted by atomic mass is 127. The Balaban J connectivity index is 2.19. The average molecular weight is 354 g/mol. The summed E-state index contributed by atoms with van der Waals surface area (Å²) >= 11 is 1.96. The van der Waals surface area contributed by atoms with Crippen molar-refractivity contribution in [2.24, 2.45) is 0 Å². The minimum atomic E-state index is 0.0668. The number of hydrogen-bond acceptors (Lipinski definition) is 3. The summed E-state index contributed by atoms with van der Waals surface area (Å²) in [5.74, 6) is 0.394. The molecule has 2 aromatic carbocycles. The Morgan fingerprint density at radius 2 is 1.94 bits per heavy atom. The van der Waals surface area contributed by atoms with Gasteiger partial charge in [0.2, 0.25) is 0 Å². The van der Waals surface area contributed by atoms with E-state index in [1.165, 1.54) is 6.07 Å². The van der Waals surface area contributed by atoms with Crippen LogP contribution in [-0.4, -0.2) is 11.4 Å². The summed E-state index contributed by atoms with van der Waals surface area (Å²) in [4.78, 5) is 10.8. The number of phenolic OH excluding ortho intramolecular Hbond substituents is 1. The fourth-order valence-corrected chi connectivity index (χ4v) is 2.13. The first-order valence-corrected chi connectivity index (χ1v) is 6.43. The molecule has 0 atom stereocenters. The Hall–Kier alpha value is -1.56. The predicted molar refractivity (Wildman–Crippen MR) is 77.0 cm³/mol. The van der Waals surface area contributed by atoms with E-state index in [9.17, 15) is 9.90 Å². The molecule has 0 bridgehead atoms. The third-order valence-corrected chi connectivity index (χ3v) is 3.25. The molecule has 1 N–H and O–H groups in total. The van der Waals surface area contributed by atoms with Gasteiger partial charge < -0.3 is 9.84 Å². The van der Waals surface area contributed by atoms with Gasteiger partial charge in [-0.1, -0.05) is 30.3 Å². The van der Waals surface area contributed by atoms with Gasteiger partial charge >= 0.3 is 0 Å². The topological polar surface area (TPSA) is 46.5 Å². The van der Waals surface area contributed by atoms with Crippen LogP contribution in [0.3, 0.4) is 0 Å². The average Bonchev–Trinajstić information content (AvgIpc) is 2.41. The van der Waals surface area contributed by atoms with E-state index in [-0.39, 0.29) is 5.75 Å². The molecule has 4 heteroatoms. The number of carbonyl (C=O) groups excluding carboxylic acids is 1. The number of rotatable bonds is 4. The van der Waals surface area contributed by atoms with Gasteiger partial charge in [0, 0.05) is 5.56 Å². The monoisotopic (exact) mass is 354 g/mol. The Morgan fingerprint density at radius 1 is 1.22 bits per heavy atom. The first-order valence-electron chi connectivity index (χ1n) is 5.35. The van der Waals surface area contributed by atoms with E-state index in [1.807, 2.05) is 52.9 Å². The summed E-state index contributed by atoms with van der Waals surface area (Å²) in [6.45, 7) is 0.354. The van der Waals surface area contributed by atoms with Gasteiger partial charge in [-0.25, -0.2) is 0 Å². The molecule has 0 heterocycles. The van der Waals surface area contributed by atoms with Gasteiger partial charge in [-0.05, 0) is 40.3 Å². The Labute approximate surface area is 119 Å². The van der Waals surface area contributed by atoms with E-state index in [2.05, 4.69) is 0 Å². The highest BCUT2D eigenvalue weighted by Crippen LogP contribution is 2.32. The molecule has 0 aromatic heterocycles. The van der Waals surface area contributed by atoms with Crippen LogP contribution in [0.1, 0.15) is 15.9 Å². The lowest BCUT2D eigenvalue weighted by Crippen LogP contribution is -1.97. The smallest absolute Gasteiger partial charge is 0.171 e. The van der Waals surface area contributed by atoms with E-state index in [0.717, 1.165) is 11.8 Å². The van der Waals surface area contributed by atoms with Crippen molar-refractivity contribution in [2.75, 3.05) is 0 Å². The van der Waals surface area contributed by atoms with Crippen molar-refractivity contribution >= 4 is 28.9 Å². The third-order valence-electron chi connectivity index (χ3n) is 2.42. The van der Waals surface area contributed by atoms with Crippen LogP contribution in [0, 0.1) is 3.57 Å². The van der Waals surface area contributed by atoms with Crippen LogP contribution in [0.15, 0.2) is 42.5 Å². The first kappa shape index (κ1) is 12.9. The number of carbonyl (C=O) groups is 1. The summed E-state index contributed by atoms with van der Waals surface area (Å²) in [6.07, 6.45) is 0.733. The lowest BCUT2D eigenvalue weighted by Gasteiger charge is -2.10. The van der Waals surface area contributed by atoms with Crippen LogP contribution in [-0.2, 0) is 6.61 Å². The van der Waals surface area contributed by atoms with Gasteiger partial charge in [-0.3, -0.25) is 4.79 Å². The van der Waals surface area contributed by atoms with Crippen LogP contribution in [0.2, 0.25) is 0 Å². The van der Waals surface area contributed by atoms with Crippen LogP contribution < -0.4 is 4.74 Å². The maximum atomic E-state index is 10.8. The first-order chi connectivity index (χ1) is 8.70. The second-order valence-corrected chi connectivity index (χ2v) is 4.90. The number of ether oxygens (including phenoxy) is 1. The summed E-state index contributed by atoms with van der Waals surface area (Å²) < 4.78 is 6.13. The van der Waals surface area contributed by atoms with Crippen molar-refractivity contribution in [3.05, 3.63) is 57.2 Å². The number of halogens is 1. The largest absolute Gasteiger partial charge is 0.504 e. The normalized spacial score (nSPS) is 10.1. The number of aldehydes is 1. The fraction of sp³-hybridized carbons (Fsp3) is 0.0714. The van der Waals surface area contributed by atoms with Crippen molar-refractivity contribution in [3.63, 3.8) is 0 Å². The molecule has 0 saturated carbocycles. The molecule has 0 amide bonds. The highest BCUT2D eigenvalue weighted by molar-refractivity contribution is 14.1. The Kier molecular flexibility index (Phi) is 4.19. The van der Waals surface area contributed by atoms with Crippen molar-refractivity contribution in [3.8, 4) is 11.5 Å². The molecule has 2 rings (SSSR count). The minimum absolute atomic E-state index is 0.0668. The SMILES string of the molecule is O=Cc1cc(I)c(O)c(OCc2ccccc2)c1. The van der Waals surface area contributed by atoms with Gasteiger partial charge in [0.15, 0.2) is 11.5 Å². The van der Waals surface area contributed by atoms with E-state index < -0.39 is 0 Å². The summed E-state index contributed by atoms with van der Waals surface area (Å²) in [5, 5.41) is 9.85. The standard InChI is InChI=1S/C14H11IO3/c15-12-6-11(8-16)7-13(14(12)17)18-9-10-4-2-1-3-5-10/h1-8,17H,9H2. The highest BCUT2D eigenvalue weighted by Gasteiger charge is 2.09. The van der Waals surface area contributed by atoms with Gasteiger partial charge in [-0.2, -0.15) is 0 Å². The number of phenols is 1. The molecule has 0 aliphatic rings. The molecule has 18 heavy (non-hydrogen) atoms. The van der Waals surface area contributed by atoms with Crippen LogP contribution in [0.5, 0.6) is 11.5 Å². The van der Waals surface area contributed by atoms with Crippen molar-refractivity contribution in [1.82, 2.24) is 0 Å². The molecule has 0 spiro atoms. The molecule has 0 fully saturated rings.